The highest BCUT2D eigenvalue weighted by Gasteiger charge is 2.42. The summed E-state index contributed by atoms with van der Waals surface area (Å²) in [6.45, 7) is 3.17. The number of nitrogens with zero attached hydrogens (tertiary/aromatic N) is 2. The number of rotatable bonds is 5. The Morgan fingerprint density at radius 3 is 2.35 bits per heavy atom. The third kappa shape index (κ3) is 4.68. The van der Waals surface area contributed by atoms with Crippen LogP contribution in [0.1, 0.15) is 30.6 Å². The molecule has 1 aromatic carbocycles. The zero-order valence-corrected chi connectivity index (χ0v) is 19.1. The predicted octanol–water partition coefficient (Wildman–Crippen LogP) is 3.09. The molecule has 2 aliphatic heterocycles. The molecule has 4 rings (SSSR count). The van der Waals surface area contributed by atoms with Gasteiger partial charge in [-0.05, 0) is 56.9 Å². The van der Waals surface area contributed by atoms with Gasteiger partial charge in [0.05, 0.1) is 0 Å². The monoisotopic (exact) mass is 461 g/mol. The van der Waals surface area contributed by atoms with Crippen molar-refractivity contribution in [2.45, 2.75) is 42.9 Å². The summed E-state index contributed by atoms with van der Waals surface area (Å²) >= 11 is 1.24. The molecule has 1 aromatic heterocycles. The SMILES string of the molecule is Cc1ccc(S(=O)(=O)N2CCCC2C(=O)N2CCC(C(=O)Nc3ccccc3)CC2)s1. The minimum Gasteiger partial charge on any atom is -0.341 e. The molecule has 7 nitrogen and oxygen atoms in total. The van der Waals surface area contributed by atoms with Crippen molar-refractivity contribution in [1.82, 2.24) is 9.21 Å². The molecule has 0 aliphatic carbocycles. The minimum atomic E-state index is -3.67. The second-order valence-corrected chi connectivity index (χ2v) is 11.5. The molecule has 2 amide bonds. The third-order valence-corrected chi connectivity index (χ3v) is 9.36. The van der Waals surface area contributed by atoms with Gasteiger partial charge in [0.1, 0.15) is 10.3 Å². The highest BCUT2D eigenvalue weighted by molar-refractivity contribution is 7.91. The maximum absolute atomic E-state index is 13.2. The lowest BCUT2D eigenvalue weighted by Gasteiger charge is -2.34. The number of piperidine rings is 1. The zero-order chi connectivity index (χ0) is 22.0. The Kier molecular flexibility index (Phi) is 6.45. The number of thiophene rings is 1. The van der Waals surface area contributed by atoms with Crippen molar-refractivity contribution in [2.24, 2.45) is 5.92 Å². The molecule has 9 heteroatoms. The molecule has 2 aliphatic rings. The van der Waals surface area contributed by atoms with Gasteiger partial charge < -0.3 is 10.2 Å². The van der Waals surface area contributed by atoms with Crippen LogP contribution >= 0.6 is 11.3 Å². The molecule has 0 bridgehead atoms. The number of nitrogens with one attached hydrogen (secondary N) is 1. The van der Waals surface area contributed by atoms with Crippen molar-refractivity contribution in [3.8, 4) is 0 Å². The van der Waals surface area contributed by atoms with Crippen molar-refractivity contribution in [3.05, 3.63) is 47.3 Å². The molecule has 1 atom stereocenters. The highest BCUT2D eigenvalue weighted by atomic mass is 32.2. The first-order chi connectivity index (χ1) is 14.9. The van der Waals surface area contributed by atoms with E-state index >= 15 is 0 Å². The lowest BCUT2D eigenvalue weighted by molar-refractivity contribution is -0.137. The Hall–Kier alpha value is -2.23. The fraction of sp³-hybridized carbons (Fsp3) is 0.455. The summed E-state index contributed by atoms with van der Waals surface area (Å²) in [7, 11) is -3.67. The topological polar surface area (TPSA) is 86.8 Å². The van der Waals surface area contributed by atoms with Crippen LogP contribution in [0.25, 0.3) is 0 Å². The first kappa shape index (κ1) is 22.0. The maximum atomic E-state index is 13.2. The summed E-state index contributed by atoms with van der Waals surface area (Å²) in [4.78, 5) is 28.4. The van der Waals surface area contributed by atoms with Gasteiger partial charge in [-0.15, -0.1) is 11.3 Å². The molecule has 0 spiro atoms. The number of carbonyl (C=O) groups excluding carboxylic acids is 2. The number of hydrogen-bond acceptors (Lipinski definition) is 5. The summed E-state index contributed by atoms with van der Waals surface area (Å²) in [6.07, 6.45) is 2.37. The minimum absolute atomic E-state index is 0.0311. The number of likely N-dealkylation sites (tertiary alicyclic amines) is 1. The van der Waals surface area contributed by atoms with Crippen molar-refractivity contribution in [3.63, 3.8) is 0 Å². The number of hydrogen-bond donors (Lipinski definition) is 1. The highest BCUT2D eigenvalue weighted by Crippen LogP contribution is 2.31. The van der Waals surface area contributed by atoms with Crippen LogP contribution in [0, 0.1) is 12.8 Å². The van der Waals surface area contributed by atoms with Crippen molar-refractivity contribution in [1.29, 1.82) is 0 Å². The average molecular weight is 462 g/mol. The molecule has 1 unspecified atom stereocenters. The number of carbonyl (C=O) groups is 2. The largest absolute Gasteiger partial charge is 0.341 e. The van der Waals surface area contributed by atoms with Gasteiger partial charge in [0.2, 0.25) is 11.8 Å². The second-order valence-electron chi connectivity index (χ2n) is 8.09. The Bertz CT molecular complexity index is 1040. The molecular formula is C22H27N3O4S2. The molecule has 31 heavy (non-hydrogen) atoms. The Labute approximate surface area is 187 Å². The molecule has 166 valence electrons. The normalized spacial score (nSPS) is 20.7. The molecule has 1 N–H and O–H groups in total. The van der Waals surface area contributed by atoms with Crippen molar-refractivity contribution >= 4 is 38.9 Å². The van der Waals surface area contributed by atoms with E-state index in [2.05, 4.69) is 5.32 Å². The van der Waals surface area contributed by atoms with Crippen LogP contribution in [-0.2, 0) is 19.6 Å². The van der Waals surface area contributed by atoms with Crippen molar-refractivity contribution < 1.29 is 18.0 Å². The number of amides is 2. The fourth-order valence-electron chi connectivity index (χ4n) is 4.28. The van der Waals surface area contributed by atoms with Crippen LogP contribution in [0.3, 0.4) is 0 Å². The summed E-state index contributed by atoms with van der Waals surface area (Å²) in [6, 6.07) is 12.1. The molecule has 3 heterocycles. The van der Waals surface area contributed by atoms with Gasteiger partial charge in [-0.25, -0.2) is 8.42 Å². The van der Waals surface area contributed by atoms with E-state index in [4.69, 9.17) is 0 Å². The first-order valence-electron chi connectivity index (χ1n) is 10.6. The summed E-state index contributed by atoms with van der Waals surface area (Å²) < 4.78 is 27.8. The smallest absolute Gasteiger partial charge is 0.253 e. The van der Waals surface area contributed by atoms with E-state index in [1.165, 1.54) is 15.6 Å². The molecule has 0 saturated carbocycles. The number of benzene rings is 1. The standard InChI is InChI=1S/C22H27N3O4S2/c1-16-9-10-20(30-16)31(28,29)25-13-5-8-19(25)22(27)24-14-11-17(12-15-24)21(26)23-18-6-3-2-4-7-18/h2-4,6-7,9-10,17,19H,5,8,11-15H2,1H3,(H,23,26). The quantitative estimate of drug-likeness (QED) is 0.741. The molecule has 2 fully saturated rings. The maximum Gasteiger partial charge on any atom is 0.253 e. The van der Waals surface area contributed by atoms with E-state index in [0.29, 0.717) is 49.5 Å². The van der Waals surface area contributed by atoms with E-state index < -0.39 is 16.1 Å². The average Bonchev–Trinajstić information content (AvgIpc) is 3.44. The predicted molar refractivity (Wildman–Crippen MR) is 120 cm³/mol. The van der Waals surface area contributed by atoms with Gasteiger partial charge in [-0.3, -0.25) is 9.59 Å². The zero-order valence-electron chi connectivity index (χ0n) is 17.5. The van der Waals surface area contributed by atoms with E-state index in [9.17, 15) is 18.0 Å². The van der Waals surface area contributed by atoms with Crippen LogP contribution in [-0.4, -0.2) is 55.1 Å². The first-order valence-corrected chi connectivity index (χ1v) is 12.8. The third-order valence-electron chi connectivity index (χ3n) is 5.99. The molecule has 0 radical (unpaired) electrons. The molecular weight excluding hydrogens is 434 g/mol. The van der Waals surface area contributed by atoms with Crippen LogP contribution in [0.2, 0.25) is 0 Å². The van der Waals surface area contributed by atoms with Gasteiger partial charge in [-0.1, -0.05) is 18.2 Å². The Morgan fingerprint density at radius 2 is 1.71 bits per heavy atom. The van der Waals surface area contributed by atoms with Gasteiger partial charge in [0.15, 0.2) is 0 Å². The molecule has 2 aromatic rings. The van der Waals surface area contributed by atoms with Crippen LogP contribution in [0.4, 0.5) is 5.69 Å². The van der Waals surface area contributed by atoms with Crippen LogP contribution in [0.5, 0.6) is 0 Å². The van der Waals surface area contributed by atoms with Crippen LogP contribution in [0.15, 0.2) is 46.7 Å². The second kappa shape index (κ2) is 9.10. The lowest BCUT2D eigenvalue weighted by Crippen LogP contribution is -2.50. The Morgan fingerprint density at radius 1 is 1.00 bits per heavy atom. The van der Waals surface area contributed by atoms with Crippen molar-refractivity contribution in [2.75, 3.05) is 25.0 Å². The summed E-state index contributed by atoms with van der Waals surface area (Å²) in [5, 5.41) is 2.93. The number of sulfonamides is 1. The lowest BCUT2D eigenvalue weighted by atomic mass is 9.95. The van der Waals surface area contributed by atoms with E-state index in [-0.39, 0.29) is 17.7 Å². The number of para-hydroxylation sites is 1. The number of anilines is 1. The summed E-state index contributed by atoms with van der Waals surface area (Å²) in [5.41, 5.74) is 0.765. The number of aryl methyl sites for hydroxylation is 1. The van der Waals surface area contributed by atoms with E-state index in [1.54, 1.807) is 17.0 Å². The van der Waals surface area contributed by atoms with Gasteiger partial charge in [-0.2, -0.15) is 4.31 Å². The van der Waals surface area contributed by atoms with E-state index in [1.807, 2.05) is 37.3 Å². The molecule has 2 saturated heterocycles. The fourth-order valence-corrected chi connectivity index (χ4v) is 7.34. The van der Waals surface area contributed by atoms with Gasteiger partial charge in [0, 0.05) is 36.1 Å². The van der Waals surface area contributed by atoms with Crippen LogP contribution < -0.4 is 5.32 Å². The van der Waals surface area contributed by atoms with E-state index in [0.717, 1.165) is 10.6 Å². The summed E-state index contributed by atoms with van der Waals surface area (Å²) in [5.74, 6) is -0.325. The van der Waals surface area contributed by atoms with Gasteiger partial charge in [0.25, 0.3) is 10.0 Å². The van der Waals surface area contributed by atoms with Gasteiger partial charge >= 0.3 is 0 Å². The Balaban J connectivity index is 1.37.